The zero-order valence-corrected chi connectivity index (χ0v) is 27.4. The maximum Gasteiger partial charge on any atom is 0.472 e. The highest BCUT2D eigenvalue weighted by Gasteiger charge is 2.56. The quantitative estimate of drug-likeness (QED) is 0.101. The minimum absolute atomic E-state index is 0.185. The van der Waals surface area contributed by atoms with Crippen molar-refractivity contribution in [2.75, 3.05) is 40.9 Å². The molecule has 0 spiro atoms. The van der Waals surface area contributed by atoms with E-state index in [0.717, 1.165) is 63.4 Å². The number of fused-ring (bicyclic) bond motifs is 1. The molecule has 2 aliphatic carbocycles. The lowest BCUT2D eigenvalue weighted by molar-refractivity contribution is -0.870. The number of hydrogen-bond acceptors (Lipinski definition) is 4. The minimum Gasteiger partial charge on any atom is -0.393 e. The average molecular weight is 611 g/mol. The molecule has 236 valence electrons. The number of aliphatic hydroxyl groups excluding tert-OH is 1. The van der Waals surface area contributed by atoms with Crippen LogP contribution in [-0.2, 0) is 13.6 Å². The van der Waals surface area contributed by atoms with E-state index in [1.165, 1.54) is 35.1 Å². The number of nitrogens with zero attached hydrogens (tertiary/aromatic N) is 1. The summed E-state index contributed by atoms with van der Waals surface area (Å²) in [6.07, 6.45) is 10.9. The third-order valence-corrected chi connectivity index (χ3v) is 10.3. The van der Waals surface area contributed by atoms with Crippen molar-refractivity contribution in [3.8, 4) is 0 Å². The smallest absolute Gasteiger partial charge is 0.393 e. The fourth-order valence-corrected chi connectivity index (χ4v) is 7.83. The summed E-state index contributed by atoms with van der Waals surface area (Å²) >= 11 is 0. The van der Waals surface area contributed by atoms with Crippen LogP contribution in [0.1, 0.15) is 81.8 Å². The van der Waals surface area contributed by atoms with Gasteiger partial charge in [0.15, 0.2) is 0 Å². The van der Waals surface area contributed by atoms with E-state index in [-0.39, 0.29) is 30.7 Å². The van der Waals surface area contributed by atoms with Crippen LogP contribution in [0.2, 0.25) is 0 Å². The van der Waals surface area contributed by atoms with E-state index in [1.807, 2.05) is 21.1 Å². The summed E-state index contributed by atoms with van der Waals surface area (Å²) in [6.45, 7) is 5.77. The Labute approximate surface area is 259 Å². The molecular weight excluding hydrogens is 557 g/mol. The predicted molar refractivity (Wildman–Crippen MR) is 176 cm³/mol. The van der Waals surface area contributed by atoms with E-state index in [1.54, 1.807) is 0 Å². The standard InChI is InChI=1S/C36H52NO5P/c1-29(30-18-13-10-14-19-30)36-24-23-34(38)33(36)28-32(35(36)31-20-15-11-16-21-31)22-12-8-6-5-7-9-17-26-41-43(39,40)42-27-25-37(2,3)4/h10-11,13-16,18-21,33-34,38H,1,5-9,12,17,22-28H2,2-4H3/p+1. The number of benzene rings is 2. The number of hydrogen-bond donors (Lipinski definition) is 2. The molecule has 4 unspecified atom stereocenters. The van der Waals surface area contributed by atoms with Crippen molar-refractivity contribution in [2.24, 2.45) is 11.3 Å². The monoisotopic (exact) mass is 610 g/mol. The molecule has 0 amide bonds. The first-order valence-corrected chi connectivity index (χ1v) is 17.7. The van der Waals surface area contributed by atoms with E-state index in [4.69, 9.17) is 9.05 Å². The van der Waals surface area contributed by atoms with Gasteiger partial charge in [-0.05, 0) is 60.8 Å². The van der Waals surface area contributed by atoms with Crippen molar-refractivity contribution in [1.29, 1.82) is 0 Å². The molecule has 2 aliphatic rings. The van der Waals surface area contributed by atoms with Crippen molar-refractivity contribution in [3.63, 3.8) is 0 Å². The summed E-state index contributed by atoms with van der Waals surface area (Å²) in [7, 11) is 2.07. The van der Waals surface area contributed by atoms with Crippen LogP contribution in [0.15, 0.2) is 72.8 Å². The molecule has 0 aromatic heterocycles. The van der Waals surface area contributed by atoms with Gasteiger partial charge >= 0.3 is 7.82 Å². The van der Waals surface area contributed by atoms with E-state index in [2.05, 4.69) is 67.2 Å². The molecule has 6 nitrogen and oxygen atoms in total. The number of rotatable bonds is 18. The zero-order valence-electron chi connectivity index (χ0n) is 26.5. The van der Waals surface area contributed by atoms with Crippen LogP contribution < -0.4 is 0 Å². The highest BCUT2D eigenvalue weighted by atomic mass is 31.2. The summed E-state index contributed by atoms with van der Waals surface area (Å²) in [6, 6.07) is 21.3. The van der Waals surface area contributed by atoms with Gasteiger partial charge in [0.2, 0.25) is 0 Å². The highest BCUT2D eigenvalue weighted by Crippen LogP contribution is 2.66. The average Bonchev–Trinajstić information content (AvgIpc) is 3.48. The molecule has 4 rings (SSSR count). The Morgan fingerprint density at radius 3 is 2.14 bits per heavy atom. The van der Waals surface area contributed by atoms with E-state index in [9.17, 15) is 14.6 Å². The number of quaternary nitrogens is 1. The normalized spacial score (nSPS) is 23.4. The lowest BCUT2D eigenvalue weighted by Crippen LogP contribution is -2.37. The number of phosphoric ester groups is 1. The Morgan fingerprint density at radius 1 is 0.907 bits per heavy atom. The van der Waals surface area contributed by atoms with Crippen molar-refractivity contribution >= 4 is 19.0 Å². The van der Waals surface area contributed by atoms with Gasteiger partial charge in [-0.3, -0.25) is 9.05 Å². The fraction of sp³-hybridized carbons (Fsp3) is 0.556. The van der Waals surface area contributed by atoms with E-state index >= 15 is 0 Å². The second-order valence-electron chi connectivity index (χ2n) is 13.5. The van der Waals surface area contributed by atoms with Gasteiger partial charge in [-0.15, -0.1) is 0 Å². The molecule has 0 saturated heterocycles. The summed E-state index contributed by atoms with van der Waals surface area (Å²) < 4.78 is 22.9. The fourth-order valence-electron chi connectivity index (χ4n) is 7.08. The first kappa shape index (κ1) is 33.8. The summed E-state index contributed by atoms with van der Waals surface area (Å²) in [5.74, 6) is 0.185. The molecule has 1 saturated carbocycles. The Bertz CT molecular complexity index is 1260. The highest BCUT2D eigenvalue weighted by molar-refractivity contribution is 7.47. The Kier molecular flexibility index (Phi) is 12.0. The number of likely N-dealkylation sites (N-methyl/N-ethyl adjacent to an activating group) is 1. The lowest BCUT2D eigenvalue weighted by atomic mass is 9.66. The van der Waals surface area contributed by atoms with Gasteiger partial charge in [0.1, 0.15) is 13.2 Å². The van der Waals surface area contributed by atoms with Crippen LogP contribution in [0.25, 0.3) is 11.1 Å². The molecule has 0 radical (unpaired) electrons. The van der Waals surface area contributed by atoms with Crippen LogP contribution in [0.4, 0.5) is 0 Å². The van der Waals surface area contributed by atoms with Crippen molar-refractivity contribution < 1.29 is 28.1 Å². The Balaban J connectivity index is 1.26. The summed E-state index contributed by atoms with van der Waals surface area (Å²) in [4.78, 5) is 9.85. The molecule has 2 aromatic carbocycles. The minimum atomic E-state index is -3.96. The third-order valence-electron chi connectivity index (χ3n) is 9.31. The molecule has 0 bridgehead atoms. The number of allylic oxidation sites excluding steroid dienone is 3. The molecule has 0 aliphatic heterocycles. The molecular formula is C36H53NO5P+. The van der Waals surface area contributed by atoms with E-state index < -0.39 is 7.82 Å². The Hall–Kier alpha value is -2.05. The van der Waals surface area contributed by atoms with Crippen LogP contribution >= 0.6 is 7.82 Å². The molecule has 2 N–H and O–H groups in total. The van der Waals surface area contributed by atoms with Gasteiger partial charge in [-0.2, -0.15) is 0 Å². The largest absolute Gasteiger partial charge is 0.472 e. The molecule has 4 atom stereocenters. The predicted octanol–water partition coefficient (Wildman–Crippen LogP) is 8.28. The molecule has 7 heteroatoms. The first-order chi connectivity index (χ1) is 20.5. The molecule has 0 heterocycles. The van der Waals surface area contributed by atoms with Crippen molar-refractivity contribution in [2.45, 2.75) is 76.7 Å². The number of unbranched alkanes of at least 4 members (excludes halogenated alkanes) is 6. The second kappa shape index (κ2) is 15.3. The SMILES string of the molecule is C=C(c1ccccc1)C12CCC(O)C1CC(CCCCCCCCCOP(=O)(O)OCC[N+](C)(C)C)=C2c1ccccc1. The summed E-state index contributed by atoms with van der Waals surface area (Å²) in [5.41, 5.74) is 6.32. The van der Waals surface area contributed by atoms with E-state index in [0.29, 0.717) is 11.0 Å². The molecule has 2 aromatic rings. The van der Waals surface area contributed by atoms with Gasteiger partial charge in [0, 0.05) is 11.3 Å². The van der Waals surface area contributed by atoms with Gasteiger partial charge in [0.05, 0.1) is 33.9 Å². The third kappa shape index (κ3) is 9.00. The van der Waals surface area contributed by atoms with Crippen LogP contribution in [0.5, 0.6) is 0 Å². The van der Waals surface area contributed by atoms with Crippen molar-refractivity contribution in [1.82, 2.24) is 0 Å². The van der Waals surface area contributed by atoms with Gasteiger partial charge in [-0.1, -0.05) is 105 Å². The maximum absolute atomic E-state index is 12.0. The second-order valence-corrected chi connectivity index (χ2v) is 14.9. The van der Waals surface area contributed by atoms with Gasteiger partial charge < -0.3 is 14.5 Å². The number of aliphatic hydroxyl groups is 1. The maximum atomic E-state index is 12.0. The summed E-state index contributed by atoms with van der Waals surface area (Å²) in [5, 5.41) is 11.2. The zero-order chi connectivity index (χ0) is 30.9. The lowest BCUT2D eigenvalue weighted by Gasteiger charge is -2.37. The molecule has 43 heavy (non-hydrogen) atoms. The van der Waals surface area contributed by atoms with Gasteiger partial charge in [0.25, 0.3) is 0 Å². The molecule has 1 fully saturated rings. The van der Waals surface area contributed by atoms with Crippen LogP contribution in [0, 0.1) is 11.3 Å². The first-order valence-electron chi connectivity index (χ1n) is 16.2. The van der Waals surface area contributed by atoms with Crippen LogP contribution in [-0.4, -0.2) is 61.5 Å². The topological polar surface area (TPSA) is 76.0 Å². The van der Waals surface area contributed by atoms with Crippen molar-refractivity contribution in [3.05, 3.63) is 83.9 Å². The number of phosphoric acid groups is 1. The Morgan fingerprint density at radius 2 is 1.49 bits per heavy atom. The van der Waals surface area contributed by atoms with Crippen LogP contribution in [0.3, 0.4) is 0 Å². The van der Waals surface area contributed by atoms with Gasteiger partial charge in [-0.25, -0.2) is 4.57 Å².